The van der Waals surface area contributed by atoms with Crippen molar-refractivity contribution in [3.05, 3.63) is 71.3 Å². The van der Waals surface area contributed by atoms with E-state index in [0.717, 1.165) is 45.1 Å². The van der Waals surface area contributed by atoms with Gasteiger partial charge in [0.2, 0.25) is 0 Å². The van der Waals surface area contributed by atoms with Crippen LogP contribution in [0.3, 0.4) is 0 Å². The lowest BCUT2D eigenvalue weighted by Crippen LogP contribution is -2.24. The Labute approximate surface area is 222 Å². The molecule has 0 spiro atoms. The monoisotopic (exact) mass is 508 g/mol. The first kappa shape index (κ1) is 27.8. The van der Waals surface area contributed by atoms with Gasteiger partial charge in [0.05, 0.1) is 18.8 Å². The lowest BCUT2D eigenvalue weighted by molar-refractivity contribution is -0.152. The molecule has 5 heteroatoms. The molecule has 4 rings (SSSR count). The van der Waals surface area contributed by atoms with Gasteiger partial charge in [-0.1, -0.05) is 94.1 Å². The van der Waals surface area contributed by atoms with Crippen molar-refractivity contribution in [2.24, 2.45) is 5.92 Å². The van der Waals surface area contributed by atoms with Crippen LogP contribution in [-0.2, 0) is 30.3 Å². The third kappa shape index (κ3) is 7.66. The highest BCUT2D eigenvalue weighted by atomic mass is 16.7. The molecule has 0 bridgehead atoms. The van der Waals surface area contributed by atoms with Crippen molar-refractivity contribution in [2.75, 3.05) is 6.61 Å². The van der Waals surface area contributed by atoms with E-state index in [1.165, 1.54) is 36.5 Å². The van der Waals surface area contributed by atoms with Crippen LogP contribution >= 0.6 is 0 Å². The zero-order chi connectivity index (χ0) is 26.0. The van der Waals surface area contributed by atoms with Crippen molar-refractivity contribution >= 4 is 5.97 Å². The zero-order valence-electron chi connectivity index (χ0n) is 22.8. The molecule has 5 nitrogen and oxygen atoms in total. The smallest absolute Gasteiger partial charge is 0.302 e. The summed E-state index contributed by atoms with van der Waals surface area (Å²) in [6.45, 7) is 7.23. The van der Waals surface area contributed by atoms with Crippen molar-refractivity contribution in [2.45, 2.75) is 109 Å². The van der Waals surface area contributed by atoms with Crippen LogP contribution in [0.4, 0.5) is 0 Å². The van der Waals surface area contributed by atoms with E-state index in [2.05, 4.69) is 62.4 Å². The van der Waals surface area contributed by atoms with Gasteiger partial charge in [0.1, 0.15) is 6.10 Å². The molecular weight excluding hydrogens is 464 g/mol. The van der Waals surface area contributed by atoms with Gasteiger partial charge in [-0.2, -0.15) is 0 Å². The summed E-state index contributed by atoms with van der Waals surface area (Å²) >= 11 is 0. The molecule has 202 valence electrons. The maximum atomic E-state index is 11.9. The van der Waals surface area contributed by atoms with E-state index in [0.29, 0.717) is 6.61 Å². The van der Waals surface area contributed by atoms with Gasteiger partial charge < -0.3 is 18.9 Å². The number of unbranched alkanes of at least 4 members (excludes halogenated alkanes) is 3. The van der Waals surface area contributed by atoms with Gasteiger partial charge in [-0.25, -0.2) is 0 Å². The number of hydrogen-bond donors (Lipinski definition) is 0. The highest BCUT2D eigenvalue weighted by Gasteiger charge is 2.51. The van der Waals surface area contributed by atoms with E-state index in [9.17, 15) is 4.79 Å². The molecule has 0 radical (unpaired) electrons. The van der Waals surface area contributed by atoms with E-state index in [-0.39, 0.29) is 42.4 Å². The predicted molar refractivity (Wildman–Crippen MR) is 145 cm³/mol. The lowest BCUT2D eigenvalue weighted by atomic mass is 9.85. The molecule has 1 saturated carbocycles. The van der Waals surface area contributed by atoms with Crippen LogP contribution in [0.15, 0.2) is 54.6 Å². The zero-order valence-corrected chi connectivity index (χ0v) is 22.8. The van der Waals surface area contributed by atoms with Crippen LogP contribution in [-0.4, -0.2) is 31.1 Å². The van der Waals surface area contributed by atoms with Crippen molar-refractivity contribution in [1.82, 2.24) is 0 Å². The first-order chi connectivity index (χ1) is 18.1. The number of fused-ring (bicyclic) bond motifs is 1. The molecule has 2 aliphatic rings. The Morgan fingerprint density at radius 3 is 2.43 bits per heavy atom. The van der Waals surface area contributed by atoms with Crippen LogP contribution < -0.4 is 0 Å². The summed E-state index contributed by atoms with van der Waals surface area (Å²) in [6, 6.07) is 19.2. The van der Waals surface area contributed by atoms with E-state index in [4.69, 9.17) is 18.9 Å². The third-order valence-electron chi connectivity index (χ3n) is 7.77. The van der Waals surface area contributed by atoms with E-state index < -0.39 is 0 Å². The summed E-state index contributed by atoms with van der Waals surface area (Å²) in [4.78, 5) is 11.9. The fourth-order valence-electron chi connectivity index (χ4n) is 5.88. The first-order valence-electron chi connectivity index (χ1n) is 14.3. The Kier molecular flexibility index (Phi) is 10.6. The average molecular weight is 509 g/mol. The second kappa shape index (κ2) is 14.1. The Morgan fingerprint density at radius 1 is 0.973 bits per heavy atom. The highest BCUT2D eigenvalue weighted by Crippen LogP contribution is 2.50. The minimum Gasteiger partial charge on any atom is -0.462 e. The molecule has 0 amide bonds. The number of hydrogen-bond acceptors (Lipinski definition) is 5. The Balaban J connectivity index is 1.47. The molecule has 6 atom stereocenters. The molecule has 1 aliphatic carbocycles. The van der Waals surface area contributed by atoms with Crippen LogP contribution in [0.5, 0.6) is 0 Å². The summed E-state index contributed by atoms with van der Waals surface area (Å²) < 4.78 is 24.5. The SMILES string of the molecule is CCCCCC(OCc1ccccc1)c1ccc([C@@H]2[C@H]3CC(OCCCC)O[C@H]3C[C@H]2OC(C)=O)cc1. The van der Waals surface area contributed by atoms with Crippen molar-refractivity contribution in [3.63, 3.8) is 0 Å². The Hall–Kier alpha value is -2.21. The number of carbonyl (C=O) groups is 1. The standard InChI is InChI=1S/C32H44O5/c1-4-6-9-14-28(35-22-24-12-10-8-11-13-24)25-15-17-26(18-16-25)32-27-20-31(34-19-7-5-2)37-29(27)21-30(32)36-23(3)33/h8,10-13,15-18,27-32H,4-7,9,14,19-22H2,1-3H3/t27-,28?,29-,30+,31?,32+/m0/s1. The molecule has 2 fully saturated rings. The molecule has 0 N–H and O–H groups in total. The first-order valence-corrected chi connectivity index (χ1v) is 14.3. The van der Waals surface area contributed by atoms with Gasteiger partial charge in [-0.05, 0) is 29.5 Å². The number of ether oxygens (including phenoxy) is 4. The molecule has 1 aliphatic heterocycles. The van der Waals surface area contributed by atoms with Crippen molar-refractivity contribution < 1.29 is 23.7 Å². The second-order valence-electron chi connectivity index (χ2n) is 10.6. The molecule has 2 unspecified atom stereocenters. The fourth-order valence-corrected chi connectivity index (χ4v) is 5.88. The van der Waals surface area contributed by atoms with E-state index in [1.807, 2.05) is 6.07 Å². The number of benzene rings is 2. The molecule has 2 aromatic rings. The summed E-state index contributed by atoms with van der Waals surface area (Å²) in [5.41, 5.74) is 3.60. The van der Waals surface area contributed by atoms with E-state index >= 15 is 0 Å². The summed E-state index contributed by atoms with van der Waals surface area (Å²) in [6.07, 6.45) is 8.09. The van der Waals surface area contributed by atoms with Gasteiger partial charge in [0.15, 0.2) is 6.29 Å². The normalized spacial score (nSPS) is 25.6. The number of carbonyl (C=O) groups excluding carboxylic acids is 1. The summed E-state index contributed by atoms with van der Waals surface area (Å²) in [5.74, 6) is 0.177. The number of esters is 1. The molecular formula is C32H44O5. The van der Waals surface area contributed by atoms with Gasteiger partial charge in [-0.15, -0.1) is 0 Å². The second-order valence-corrected chi connectivity index (χ2v) is 10.6. The molecule has 2 aromatic carbocycles. The van der Waals surface area contributed by atoms with Gasteiger partial charge >= 0.3 is 5.97 Å². The van der Waals surface area contributed by atoms with Gasteiger partial charge in [0.25, 0.3) is 0 Å². The lowest BCUT2D eigenvalue weighted by Gasteiger charge is -2.25. The van der Waals surface area contributed by atoms with Crippen molar-refractivity contribution in [3.8, 4) is 0 Å². The summed E-state index contributed by atoms with van der Waals surface area (Å²) in [5, 5.41) is 0. The largest absolute Gasteiger partial charge is 0.462 e. The highest BCUT2D eigenvalue weighted by molar-refractivity contribution is 5.66. The third-order valence-corrected chi connectivity index (χ3v) is 7.77. The van der Waals surface area contributed by atoms with Crippen LogP contribution in [0.25, 0.3) is 0 Å². The minimum atomic E-state index is -0.229. The predicted octanol–water partition coefficient (Wildman–Crippen LogP) is 7.49. The quantitative estimate of drug-likeness (QED) is 0.195. The molecule has 37 heavy (non-hydrogen) atoms. The molecule has 1 saturated heterocycles. The maximum Gasteiger partial charge on any atom is 0.302 e. The van der Waals surface area contributed by atoms with E-state index in [1.54, 1.807) is 0 Å². The van der Waals surface area contributed by atoms with Crippen LogP contribution in [0.2, 0.25) is 0 Å². The average Bonchev–Trinajstić information content (AvgIpc) is 3.43. The molecule has 0 aromatic heterocycles. The Morgan fingerprint density at radius 2 is 1.73 bits per heavy atom. The number of rotatable bonds is 14. The van der Waals surface area contributed by atoms with Gasteiger partial charge in [0, 0.05) is 38.2 Å². The minimum absolute atomic E-state index is 0.0626. The Bertz CT molecular complexity index is 943. The van der Waals surface area contributed by atoms with Gasteiger partial charge in [-0.3, -0.25) is 4.79 Å². The fraction of sp³-hybridized carbons (Fsp3) is 0.594. The van der Waals surface area contributed by atoms with Crippen LogP contribution in [0, 0.1) is 5.92 Å². The van der Waals surface area contributed by atoms with Crippen molar-refractivity contribution in [1.29, 1.82) is 0 Å². The summed E-state index contributed by atoms with van der Waals surface area (Å²) in [7, 11) is 0. The molecule has 1 heterocycles. The van der Waals surface area contributed by atoms with Crippen LogP contribution in [0.1, 0.15) is 101 Å². The maximum absolute atomic E-state index is 11.9. The topological polar surface area (TPSA) is 54.0 Å².